The average molecular weight is 241 g/mol. The molecule has 0 N–H and O–H groups in total. The number of nitriles is 1. The number of pyridine rings is 1. The highest BCUT2D eigenvalue weighted by molar-refractivity contribution is 5.63. The number of aromatic nitrogens is 2. The van der Waals surface area contributed by atoms with Gasteiger partial charge in [0.15, 0.2) is 0 Å². The Kier molecular flexibility index (Phi) is 3.75. The Morgan fingerprint density at radius 3 is 2.72 bits per heavy atom. The Labute approximate surface area is 106 Å². The predicted octanol–water partition coefficient (Wildman–Crippen LogP) is 2.38. The van der Waals surface area contributed by atoms with Crippen molar-refractivity contribution in [2.75, 3.05) is 13.7 Å². The summed E-state index contributed by atoms with van der Waals surface area (Å²) >= 11 is 0. The van der Waals surface area contributed by atoms with Crippen LogP contribution in [0.15, 0.2) is 30.6 Å². The molecule has 0 bridgehead atoms. The number of rotatable bonds is 4. The summed E-state index contributed by atoms with van der Waals surface area (Å²) in [7, 11) is 1.68. The van der Waals surface area contributed by atoms with E-state index in [-0.39, 0.29) is 0 Å². The van der Waals surface area contributed by atoms with Gasteiger partial charge in [-0.15, -0.1) is 0 Å². The Morgan fingerprint density at radius 1 is 1.39 bits per heavy atom. The number of hydrogen-bond acceptors (Lipinski definition) is 3. The van der Waals surface area contributed by atoms with E-state index < -0.39 is 0 Å². The molecule has 2 heterocycles. The first-order valence-electron chi connectivity index (χ1n) is 5.77. The fraction of sp³-hybridized carbons (Fsp3) is 0.286. The molecule has 0 spiro atoms. The lowest BCUT2D eigenvalue weighted by molar-refractivity contribution is 0.187. The van der Waals surface area contributed by atoms with E-state index in [4.69, 9.17) is 10.00 Å². The summed E-state index contributed by atoms with van der Waals surface area (Å²) < 4.78 is 7.23. The molecular weight excluding hydrogens is 226 g/mol. The van der Waals surface area contributed by atoms with Crippen LogP contribution in [0, 0.1) is 18.3 Å². The third kappa shape index (κ3) is 2.27. The number of hydrogen-bond donors (Lipinski definition) is 0. The van der Waals surface area contributed by atoms with Crippen LogP contribution in [0.1, 0.15) is 11.3 Å². The summed E-state index contributed by atoms with van der Waals surface area (Å²) in [5, 5.41) is 9.12. The molecule has 0 aromatic carbocycles. The van der Waals surface area contributed by atoms with Crippen LogP contribution in [-0.4, -0.2) is 23.3 Å². The molecule has 0 aliphatic rings. The first-order valence-corrected chi connectivity index (χ1v) is 5.77. The minimum absolute atomic E-state index is 0.623. The van der Waals surface area contributed by atoms with Crippen molar-refractivity contribution >= 4 is 0 Å². The van der Waals surface area contributed by atoms with Gasteiger partial charge in [-0.05, 0) is 25.1 Å². The SMILES string of the molecule is COCCn1c(-c2ccncc2)cc(C#N)c1C. The lowest BCUT2D eigenvalue weighted by atomic mass is 10.2. The standard InChI is InChI=1S/C14H15N3O/c1-11-13(10-15)9-14(17(11)7-8-18-2)12-3-5-16-6-4-12/h3-6,9H,7-8H2,1-2H3. The van der Waals surface area contributed by atoms with Crippen molar-refractivity contribution in [2.24, 2.45) is 0 Å². The zero-order valence-corrected chi connectivity index (χ0v) is 10.6. The van der Waals surface area contributed by atoms with Crippen molar-refractivity contribution in [3.05, 3.63) is 41.9 Å². The molecule has 0 unspecified atom stereocenters. The number of nitrogens with zero attached hydrogens (tertiary/aromatic N) is 3. The van der Waals surface area contributed by atoms with E-state index in [2.05, 4.69) is 15.6 Å². The van der Waals surface area contributed by atoms with Gasteiger partial charge in [-0.2, -0.15) is 5.26 Å². The van der Waals surface area contributed by atoms with Crippen molar-refractivity contribution in [2.45, 2.75) is 13.5 Å². The Bertz CT molecular complexity index is 567. The third-order valence-corrected chi connectivity index (χ3v) is 2.98. The maximum absolute atomic E-state index is 9.12. The van der Waals surface area contributed by atoms with Crippen molar-refractivity contribution in [3.63, 3.8) is 0 Å². The van der Waals surface area contributed by atoms with E-state index in [9.17, 15) is 0 Å². The van der Waals surface area contributed by atoms with Crippen LogP contribution in [-0.2, 0) is 11.3 Å². The molecule has 4 nitrogen and oxygen atoms in total. The molecule has 0 aliphatic heterocycles. The van der Waals surface area contributed by atoms with E-state index in [0.717, 1.165) is 23.5 Å². The van der Waals surface area contributed by atoms with E-state index >= 15 is 0 Å². The lowest BCUT2D eigenvalue weighted by Gasteiger charge is -2.10. The van der Waals surface area contributed by atoms with E-state index in [1.807, 2.05) is 25.1 Å². The monoisotopic (exact) mass is 241 g/mol. The van der Waals surface area contributed by atoms with E-state index in [0.29, 0.717) is 12.2 Å². The molecule has 2 aromatic heterocycles. The lowest BCUT2D eigenvalue weighted by Crippen LogP contribution is -2.07. The number of ether oxygens (including phenoxy) is 1. The molecule has 0 atom stereocenters. The van der Waals surface area contributed by atoms with E-state index in [1.165, 1.54) is 0 Å². The number of methoxy groups -OCH3 is 1. The van der Waals surface area contributed by atoms with Crippen LogP contribution >= 0.6 is 0 Å². The largest absolute Gasteiger partial charge is 0.383 e. The van der Waals surface area contributed by atoms with Gasteiger partial charge in [-0.25, -0.2) is 0 Å². The van der Waals surface area contributed by atoms with Crippen LogP contribution in [0.2, 0.25) is 0 Å². The van der Waals surface area contributed by atoms with Crippen LogP contribution in [0.3, 0.4) is 0 Å². The smallest absolute Gasteiger partial charge is 0.101 e. The zero-order chi connectivity index (χ0) is 13.0. The summed E-state index contributed by atoms with van der Waals surface area (Å²) in [6.07, 6.45) is 3.51. The molecule has 18 heavy (non-hydrogen) atoms. The first-order chi connectivity index (χ1) is 8.77. The van der Waals surface area contributed by atoms with Gasteiger partial charge >= 0.3 is 0 Å². The topological polar surface area (TPSA) is 50.8 Å². The minimum Gasteiger partial charge on any atom is -0.383 e. The molecule has 0 amide bonds. The zero-order valence-electron chi connectivity index (χ0n) is 10.6. The van der Waals surface area contributed by atoms with Crippen molar-refractivity contribution in [1.82, 2.24) is 9.55 Å². The molecule has 0 radical (unpaired) electrons. The molecule has 0 aliphatic carbocycles. The summed E-state index contributed by atoms with van der Waals surface area (Å²) in [5.74, 6) is 0. The second-order valence-electron chi connectivity index (χ2n) is 4.02. The van der Waals surface area contributed by atoms with Crippen LogP contribution < -0.4 is 0 Å². The second-order valence-corrected chi connectivity index (χ2v) is 4.02. The van der Waals surface area contributed by atoms with Gasteiger partial charge < -0.3 is 9.30 Å². The van der Waals surface area contributed by atoms with E-state index in [1.54, 1.807) is 19.5 Å². The van der Waals surface area contributed by atoms with Gasteiger partial charge in [-0.3, -0.25) is 4.98 Å². The average Bonchev–Trinajstić information content (AvgIpc) is 2.74. The molecular formula is C14H15N3O. The maximum atomic E-state index is 9.12. The van der Waals surface area contributed by atoms with Gasteiger partial charge in [0.2, 0.25) is 0 Å². The van der Waals surface area contributed by atoms with Crippen LogP contribution in [0.5, 0.6) is 0 Å². The van der Waals surface area contributed by atoms with Crippen molar-refractivity contribution in [3.8, 4) is 17.3 Å². The van der Waals surface area contributed by atoms with Gasteiger partial charge in [0.1, 0.15) is 6.07 Å². The molecule has 2 aromatic rings. The van der Waals surface area contributed by atoms with Crippen molar-refractivity contribution in [1.29, 1.82) is 5.26 Å². The normalized spacial score (nSPS) is 10.3. The molecule has 0 saturated carbocycles. The predicted molar refractivity (Wildman–Crippen MR) is 69.0 cm³/mol. The summed E-state index contributed by atoms with van der Waals surface area (Å²) in [6, 6.07) is 8.03. The fourth-order valence-electron chi connectivity index (χ4n) is 1.99. The summed E-state index contributed by atoms with van der Waals surface area (Å²) in [5.41, 5.74) is 3.77. The summed E-state index contributed by atoms with van der Waals surface area (Å²) in [6.45, 7) is 3.32. The van der Waals surface area contributed by atoms with Crippen LogP contribution in [0.4, 0.5) is 0 Å². The molecule has 0 fully saturated rings. The molecule has 0 saturated heterocycles. The Balaban J connectivity index is 2.49. The van der Waals surface area contributed by atoms with Crippen molar-refractivity contribution < 1.29 is 4.74 Å². The minimum atomic E-state index is 0.623. The van der Waals surface area contributed by atoms with Crippen LogP contribution in [0.25, 0.3) is 11.3 Å². The van der Waals surface area contributed by atoms with Gasteiger partial charge in [0, 0.05) is 43.0 Å². The summed E-state index contributed by atoms with van der Waals surface area (Å²) in [4.78, 5) is 4.01. The molecule has 2 rings (SSSR count). The molecule has 4 heteroatoms. The third-order valence-electron chi connectivity index (χ3n) is 2.98. The maximum Gasteiger partial charge on any atom is 0.101 e. The Morgan fingerprint density at radius 2 is 2.11 bits per heavy atom. The fourth-order valence-corrected chi connectivity index (χ4v) is 1.99. The highest BCUT2D eigenvalue weighted by atomic mass is 16.5. The highest BCUT2D eigenvalue weighted by Crippen LogP contribution is 2.25. The van der Waals surface area contributed by atoms with Gasteiger partial charge in [-0.1, -0.05) is 0 Å². The molecule has 92 valence electrons. The second kappa shape index (κ2) is 5.48. The highest BCUT2D eigenvalue weighted by Gasteiger charge is 2.12. The van der Waals surface area contributed by atoms with Gasteiger partial charge in [0.25, 0.3) is 0 Å². The first kappa shape index (κ1) is 12.3. The quantitative estimate of drug-likeness (QED) is 0.825. The Hall–Kier alpha value is -2.12. The van der Waals surface area contributed by atoms with Gasteiger partial charge in [0.05, 0.1) is 12.2 Å².